The Hall–Kier alpha value is -2.41. The van der Waals surface area contributed by atoms with E-state index < -0.39 is 10.0 Å². The second-order valence-corrected chi connectivity index (χ2v) is 6.00. The Labute approximate surface area is 115 Å². The van der Waals surface area contributed by atoms with Gasteiger partial charge in [0.25, 0.3) is 10.0 Å². The van der Waals surface area contributed by atoms with Crippen LogP contribution < -0.4 is 4.72 Å². The Balaban J connectivity index is 2.03. The summed E-state index contributed by atoms with van der Waals surface area (Å²) >= 11 is 0. The molecule has 6 nitrogen and oxygen atoms in total. The molecular weight excluding hydrogens is 278 g/mol. The molecule has 102 valence electrons. The lowest BCUT2D eigenvalue weighted by molar-refractivity contribution is 0.306. The molecule has 3 aromatic rings. The fraction of sp³-hybridized carbons (Fsp3) is 0.0769. The molecule has 0 radical (unpaired) electrons. The number of nitrogens with one attached hydrogen (secondary N) is 1. The summed E-state index contributed by atoms with van der Waals surface area (Å²) in [5, 5.41) is 8.87. The molecule has 0 spiro atoms. The van der Waals surface area contributed by atoms with E-state index >= 15 is 0 Å². The van der Waals surface area contributed by atoms with Crippen LogP contribution in [0.25, 0.3) is 10.8 Å². The topological polar surface area (TPSA) is 85.1 Å². The first-order valence-corrected chi connectivity index (χ1v) is 7.35. The average Bonchev–Trinajstić information content (AvgIpc) is 2.83. The molecule has 0 aliphatic carbocycles. The van der Waals surface area contributed by atoms with Crippen LogP contribution in [0.2, 0.25) is 0 Å². The summed E-state index contributed by atoms with van der Waals surface area (Å²) in [6.07, 6.45) is 0. The lowest BCUT2D eigenvalue weighted by Crippen LogP contribution is -2.13. The molecule has 1 heterocycles. The van der Waals surface area contributed by atoms with E-state index in [2.05, 4.69) is 19.7 Å². The van der Waals surface area contributed by atoms with Crippen LogP contribution in [0, 0.1) is 6.92 Å². The molecule has 0 fully saturated rings. The van der Waals surface area contributed by atoms with Crippen molar-refractivity contribution in [1.82, 2.24) is 10.3 Å². The predicted octanol–water partition coefficient (Wildman–Crippen LogP) is 2.33. The summed E-state index contributed by atoms with van der Waals surface area (Å²) in [6, 6.07) is 12.5. The predicted molar refractivity (Wildman–Crippen MR) is 73.8 cm³/mol. The van der Waals surface area contributed by atoms with Crippen LogP contribution in [0.1, 0.15) is 5.69 Å². The smallest absolute Gasteiger partial charge is 0.259 e. The van der Waals surface area contributed by atoms with Crippen LogP contribution in [-0.4, -0.2) is 18.7 Å². The largest absolute Gasteiger partial charge is 0.263 e. The van der Waals surface area contributed by atoms with Crippen LogP contribution in [0.3, 0.4) is 0 Å². The van der Waals surface area contributed by atoms with E-state index in [1.165, 1.54) is 0 Å². The summed E-state index contributed by atoms with van der Waals surface area (Å²) in [7, 11) is -3.71. The number of fused-ring (bicyclic) bond motifs is 1. The molecule has 0 amide bonds. The first kappa shape index (κ1) is 12.6. The van der Waals surface area contributed by atoms with Crippen molar-refractivity contribution < 1.29 is 13.0 Å². The lowest BCUT2D eigenvalue weighted by atomic mass is 10.1. The van der Waals surface area contributed by atoms with Crippen LogP contribution in [-0.2, 0) is 10.0 Å². The Morgan fingerprint density at radius 1 is 1.05 bits per heavy atom. The highest BCUT2D eigenvalue weighted by Crippen LogP contribution is 2.21. The number of anilines is 1. The van der Waals surface area contributed by atoms with E-state index in [1.54, 1.807) is 25.1 Å². The minimum Gasteiger partial charge on any atom is -0.259 e. The van der Waals surface area contributed by atoms with Gasteiger partial charge >= 0.3 is 0 Å². The van der Waals surface area contributed by atoms with Crippen molar-refractivity contribution in [2.24, 2.45) is 0 Å². The summed E-state index contributed by atoms with van der Waals surface area (Å²) in [5.41, 5.74) is 0.384. The first-order chi connectivity index (χ1) is 9.56. The molecule has 0 saturated carbocycles. The normalized spacial score (nSPS) is 11.7. The van der Waals surface area contributed by atoms with E-state index in [1.807, 2.05) is 24.3 Å². The highest BCUT2D eigenvalue weighted by atomic mass is 32.2. The number of aromatic nitrogens is 2. The number of hydrogen-bond acceptors (Lipinski definition) is 5. The van der Waals surface area contributed by atoms with Crippen LogP contribution in [0.5, 0.6) is 0 Å². The third kappa shape index (κ3) is 2.23. The molecular formula is C13H11N3O3S. The summed E-state index contributed by atoms with van der Waals surface area (Å²) in [4.78, 5) is 0.165. The van der Waals surface area contributed by atoms with Crippen molar-refractivity contribution in [3.63, 3.8) is 0 Å². The minimum atomic E-state index is -3.71. The van der Waals surface area contributed by atoms with E-state index in [9.17, 15) is 8.42 Å². The number of aryl methyl sites for hydroxylation is 1. The monoisotopic (exact) mass is 289 g/mol. The number of benzene rings is 2. The van der Waals surface area contributed by atoms with Gasteiger partial charge in [-0.15, -0.1) is 0 Å². The van der Waals surface area contributed by atoms with Crippen LogP contribution in [0.4, 0.5) is 5.82 Å². The fourth-order valence-electron chi connectivity index (χ4n) is 1.85. The highest BCUT2D eigenvalue weighted by molar-refractivity contribution is 7.92. The quantitative estimate of drug-likeness (QED) is 0.799. The van der Waals surface area contributed by atoms with Crippen molar-refractivity contribution in [2.75, 3.05) is 4.72 Å². The van der Waals surface area contributed by atoms with Gasteiger partial charge in [-0.05, 0) is 35.0 Å². The molecule has 20 heavy (non-hydrogen) atoms. The zero-order valence-corrected chi connectivity index (χ0v) is 11.4. The number of nitrogens with zero attached hydrogens (tertiary/aromatic N) is 2. The van der Waals surface area contributed by atoms with Gasteiger partial charge in [0, 0.05) is 0 Å². The molecule has 2 aromatic carbocycles. The highest BCUT2D eigenvalue weighted by Gasteiger charge is 2.18. The number of sulfonamides is 1. The molecule has 1 aromatic heterocycles. The maximum absolute atomic E-state index is 12.3. The Morgan fingerprint density at radius 3 is 2.50 bits per heavy atom. The van der Waals surface area contributed by atoms with Crippen molar-refractivity contribution >= 4 is 26.6 Å². The molecule has 0 saturated heterocycles. The summed E-state index contributed by atoms with van der Waals surface area (Å²) in [5.74, 6) is 0.0955. The maximum Gasteiger partial charge on any atom is 0.263 e. The van der Waals surface area contributed by atoms with E-state index in [0.717, 1.165) is 10.8 Å². The van der Waals surface area contributed by atoms with Gasteiger partial charge in [-0.2, -0.15) is 0 Å². The minimum absolute atomic E-state index is 0.0955. The van der Waals surface area contributed by atoms with Crippen molar-refractivity contribution in [3.05, 3.63) is 48.2 Å². The third-order valence-corrected chi connectivity index (χ3v) is 4.25. The second-order valence-electron chi connectivity index (χ2n) is 4.31. The number of hydrogen-bond donors (Lipinski definition) is 1. The molecule has 0 aliphatic heterocycles. The summed E-state index contributed by atoms with van der Waals surface area (Å²) < 4.78 is 31.4. The van der Waals surface area contributed by atoms with Gasteiger partial charge in [0.1, 0.15) is 5.69 Å². The van der Waals surface area contributed by atoms with Gasteiger partial charge in [0.15, 0.2) is 0 Å². The van der Waals surface area contributed by atoms with Crippen molar-refractivity contribution in [2.45, 2.75) is 11.8 Å². The van der Waals surface area contributed by atoms with E-state index in [-0.39, 0.29) is 10.7 Å². The van der Waals surface area contributed by atoms with Crippen LogP contribution >= 0.6 is 0 Å². The van der Waals surface area contributed by atoms with Gasteiger partial charge in [0.05, 0.1) is 4.90 Å². The molecule has 7 heteroatoms. The molecule has 0 unspecified atom stereocenters. The Bertz CT molecular complexity index is 871. The first-order valence-electron chi connectivity index (χ1n) is 5.87. The average molecular weight is 289 g/mol. The molecule has 0 aliphatic rings. The summed E-state index contributed by atoms with van der Waals surface area (Å²) in [6.45, 7) is 1.61. The second kappa shape index (κ2) is 4.61. The van der Waals surface area contributed by atoms with Crippen molar-refractivity contribution in [3.8, 4) is 0 Å². The van der Waals surface area contributed by atoms with Crippen LogP contribution in [0.15, 0.2) is 52.0 Å². The third-order valence-electron chi connectivity index (χ3n) is 2.91. The fourth-order valence-corrected chi connectivity index (χ4v) is 2.93. The van der Waals surface area contributed by atoms with Gasteiger partial charge in [-0.3, -0.25) is 4.72 Å². The molecule has 1 N–H and O–H groups in total. The standard InChI is InChI=1S/C13H11N3O3S/c1-9-13(15-19-14-9)16-20(17,18)12-7-6-10-4-2-3-5-11(10)8-12/h2-8H,1H3,(H,15,16). The van der Waals surface area contributed by atoms with Crippen molar-refractivity contribution in [1.29, 1.82) is 0 Å². The van der Waals surface area contributed by atoms with E-state index in [4.69, 9.17) is 0 Å². The van der Waals surface area contributed by atoms with E-state index in [0.29, 0.717) is 5.69 Å². The lowest BCUT2D eigenvalue weighted by Gasteiger charge is -2.06. The van der Waals surface area contributed by atoms with Gasteiger partial charge in [0.2, 0.25) is 5.82 Å². The zero-order valence-electron chi connectivity index (χ0n) is 10.6. The molecule has 0 atom stereocenters. The van der Waals surface area contributed by atoms with Gasteiger partial charge in [-0.25, -0.2) is 13.0 Å². The Kier molecular flexibility index (Phi) is 2.90. The number of rotatable bonds is 3. The Morgan fingerprint density at radius 2 is 1.80 bits per heavy atom. The SMILES string of the molecule is Cc1nonc1NS(=O)(=O)c1ccc2ccccc2c1. The zero-order chi connectivity index (χ0) is 14.2. The van der Waals surface area contributed by atoms with Gasteiger partial charge in [-0.1, -0.05) is 35.5 Å². The van der Waals surface area contributed by atoms with Gasteiger partial charge < -0.3 is 0 Å². The molecule has 3 rings (SSSR count). The molecule has 0 bridgehead atoms. The maximum atomic E-state index is 12.3.